The SMILES string of the molecule is COc1cc(/C=C/C(=O)N2C3COCC2CN(Cc2ccc(F)cc2)C3)c(N)cc1Cl.COc1cc(/C=C/C(=O)N2C3COCC2CN(Cc2ccc(F)cc2)C3)c(NS(C)(=O)=O)cc1Cl. The molecule has 4 aromatic rings. The van der Waals surface area contributed by atoms with Crippen LogP contribution in [0.4, 0.5) is 20.2 Å². The minimum atomic E-state index is -3.56. The lowest BCUT2D eigenvalue weighted by molar-refractivity contribution is -0.150. The van der Waals surface area contributed by atoms with E-state index in [2.05, 4.69) is 14.5 Å². The second-order valence-electron chi connectivity index (χ2n) is 16.6. The Labute approximate surface area is 393 Å². The van der Waals surface area contributed by atoms with Crippen molar-refractivity contribution in [3.63, 3.8) is 0 Å². The molecule has 0 saturated carbocycles. The predicted octanol–water partition coefficient (Wildman–Crippen LogP) is 6.18. The minimum Gasteiger partial charge on any atom is -0.495 e. The number of morpholine rings is 2. The topological polar surface area (TPSA) is 156 Å². The fourth-order valence-corrected chi connectivity index (χ4v) is 9.77. The maximum absolute atomic E-state index is 13.2. The van der Waals surface area contributed by atoms with Gasteiger partial charge in [0.1, 0.15) is 23.1 Å². The lowest BCUT2D eigenvalue weighted by Gasteiger charge is -2.49. The number of anilines is 2. The van der Waals surface area contributed by atoms with Crippen LogP contribution in [0.15, 0.2) is 84.9 Å². The zero-order valence-electron chi connectivity index (χ0n) is 36.7. The molecule has 4 saturated heterocycles. The summed E-state index contributed by atoms with van der Waals surface area (Å²) in [6.07, 6.45) is 7.25. The Hall–Kier alpha value is -5.27. The van der Waals surface area contributed by atoms with Gasteiger partial charge >= 0.3 is 0 Å². The third-order valence-electron chi connectivity index (χ3n) is 11.6. The molecule has 4 atom stereocenters. The molecular weight excluding hydrogens is 918 g/mol. The van der Waals surface area contributed by atoms with Crippen molar-refractivity contribution in [2.75, 3.05) is 83.5 Å². The Bertz CT molecular complexity index is 2530. The molecule has 4 aliphatic heterocycles. The van der Waals surface area contributed by atoms with Crippen molar-refractivity contribution in [1.29, 1.82) is 0 Å². The fraction of sp³-hybridized carbons (Fsp3) is 0.362. The standard InChI is InChI=1S/C24H27ClFN3O5S.C23H25ClFN3O3/c1-33-23-9-17(22(10-21(23)25)27-35(2,31)32)5-8-24(30)29-19-12-28(13-20(29)15-34-14-19)11-16-3-6-18(26)7-4-16;1-30-22-8-16(21(26)9-20(22)24)4-7-23(29)28-18-11-27(12-19(28)14-31-13-18)10-15-2-5-17(25)6-3-15/h3-10,19-20,27H,11-15H2,1-2H3;2-9,18-19H,10-14,26H2,1H3/b8-5+;7-4+. The van der Waals surface area contributed by atoms with Crippen LogP contribution in [0.1, 0.15) is 22.3 Å². The van der Waals surface area contributed by atoms with Crippen LogP contribution >= 0.6 is 23.2 Å². The van der Waals surface area contributed by atoms with Crippen LogP contribution in [0.2, 0.25) is 10.0 Å². The number of carbonyl (C=O) groups excluding carboxylic acids is 2. The molecule has 4 bridgehead atoms. The van der Waals surface area contributed by atoms with E-state index in [0.717, 1.165) is 17.4 Å². The molecular formula is C47H52Cl2F2N6O8S. The highest BCUT2D eigenvalue weighted by Crippen LogP contribution is 2.34. The Morgan fingerprint density at radius 3 is 1.50 bits per heavy atom. The maximum atomic E-state index is 13.2. The number of hydrogen-bond donors (Lipinski definition) is 2. The number of benzene rings is 4. The molecule has 0 aromatic heterocycles. The second kappa shape index (κ2) is 21.6. The van der Waals surface area contributed by atoms with E-state index >= 15 is 0 Å². The Balaban J connectivity index is 0.000000198. The molecule has 4 aromatic carbocycles. The van der Waals surface area contributed by atoms with E-state index in [4.69, 9.17) is 47.9 Å². The number of piperazine rings is 2. The van der Waals surface area contributed by atoms with Gasteiger partial charge in [-0.05, 0) is 71.8 Å². The third-order valence-corrected chi connectivity index (χ3v) is 12.8. The summed E-state index contributed by atoms with van der Waals surface area (Å²) in [5, 5.41) is 0.665. The molecule has 352 valence electrons. The van der Waals surface area contributed by atoms with Crippen LogP contribution in [-0.4, -0.2) is 137 Å². The second-order valence-corrected chi connectivity index (χ2v) is 19.1. The van der Waals surface area contributed by atoms with E-state index < -0.39 is 10.0 Å². The van der Waals surface area contributed by atoms with Crippen molar-refractivity contribution in [3.05, 3.63) is 129 Å². The van der Waals surface area contributed by atoms with E-state index in [9.17, 15) is 26.8 Å². The van der Waals surface area contributed by atoms with Crippen molar-refractivity contribution in [1.82, 2.24) is 19.6 Å². The molecule has 4 unspecified atom stereocenters. The van der Waals surface area contributed by atoms with E-state index in [1.807, 2.05) is 9.80 Å². The van der Waals surface area contributed by atoms with Crippen molar-refractivity contribution < 1.29 is 45.7 Å². The van der Waals surface area contributed by atoms with Crippen LogP contribution in [0.3, 0.4) is 0 Å². The summed E-state index contributed by atoms with van der Waals surface area (Å²) in [5.41, 5.74) is 9.93. The molecule has 4 heterocycles. The number of nitrogens with one attached hydrogen (secondary N) is 1. The molecule has 4 fully saturated rings. The largest absolute Gasteiger partial charge is 0.495 e. The Kier molecular flexibility index (Phi) is 15.9. The lowest BCUT2D eigenvalue weighted by Crippen LogP contribution is -2.65. The lowest BCUT2D eigenvalue weighted by atomic mass is 10.0. The van der Waals surface area contributed by atoms with E-state index in [1.165, 1.54) is 50.6 Å². The predicted molar refractivity (Wildman–Crippen MR) is 251 cm³/mol. The minimum absolute atomic E-state index is 0.0396. The van der Waals surface area contributed by atoms with Crippen LogP contribution in [0.5, 0.6) is 11.5 Å². The zero-order chi connectivity index (χ0) is 47.1. The molecule has 8 rings (SSSR count). The Morgan fingerprint density at radius 1 is 0.697 bits per heavy atom. The quantitative estimate of drug-likeness (QED) is 0.124. The van der Waals surface area contributed by atoms with Crippen LogP contribution in [0, 0.1) is 11.6 Å². The van der Waals surface area contributed by atoms with Crippen LogP contribution in [0.25, 0.3) is 12.2 Å². The van der Waals surface area contributed by atoms with E-state index in [-0.39, 0.29) is 58.3 Å². The summed E-state index contributed by atoms with van der Waals surface area (Å²) in [4.78, 5) is 34.6. The number of rotatable bonds is 12. The van der Waals surface area contributed by atoms with E-state index in [0.29, 0.717) is 99.0 Å². The Morgan fingerprint density at radius 2 is 1.09 bits per heavy atom. The summed E-state index contributed by atoms with van der Waals surface area (Å²) in [6, 6.07) is 19.0. The van der Waals surface area contributed by atoms with Gasteiger partial charge in [0.05, 0.1) is 86.8 Å². The van der Waals surface area contributed by atoms with Gasteiger partial charge in [0.15, 0.2) is 0 Å². The van der Waals surface area contributed by atoms with Gasteiger partial charge in [-0.3, -0.25) is 24.1 Å². The number of carbonyl (C=O) groups is 2. The number of nitrogen functional groups attached to an aromatic ring is 1. The third kappa shape index (κ3) is 12.4. The van der Waals surface area contributed by atoms with Gasteiger partial charge in [-0.25, -0.2) is 17.2 Å². The normalized spacial score (nSPS) is 21.1. The van der Waals surface area contributed by atoms with Gasteiger partial charge in [-0.2, -0.15) is 0 Å². The monoisotopic (exact) mass is 968 g/mol. The first-order valence-corrected chi connectivity index (χ1v) is 23.8. The smallest absolute Gasteiger partial charge is 0.247 e. The molecule has 14 nitrogen and oxygen atoms in total. The molecule has 0 spiro atoms. The first kappa shape index (κ1) is 48.7. The summed E-state index contributed by atoms with van der Waals surface area (Å²) < 4.78 is 74.3. The zero-order valence-corrected chi connectivity index (χ0v) is 39.0. The summed E-state index contributed by atoms with van der Waals surface area (Å²) in [5.74, 6) is 0.0849. The van der Waals surface area contributed by atoms with Gasteiger partial charge < -0.3 is 34.5 Å². The number of nitrogens with two attached hydrogens (primary N) is 1. The highest BCUT2D eigenvalue weighted by molar-refractivity contribution is 7.92. The maximum Gasteiger partial charge on any atom is 0.247 e. The average Bonchev–Trinajstić information content (AvgIpc) is 3.26. The highest BCUT2D eigenvalue weighted by Gasteiger charge is 2.41. The fourth-order valence-electron chi connectivity index (χ4n) is 8.71. The molecule has 3 N–H and O–H groups in total. The van der Waals surface area contributed by atoms with Gasteiger partial charge in [-0.15, -0.1) is 0 Å². The first-order valence-electron chi connectivity index (χ1n) is 21.2. The number of ether oxygens (including phenoxy) is 4. The van der Waals surface area contributed by atoms with Crippen LogP contribution < -0.4 is 19.9 Å². The molecule has 19 heteroatoms. The van der Waals surface area contributed by atoms with Gasteiger partial charge in [0.25, 0.3) is 0 Å². The molecule has 2 amide bonds. The summed E-state index contributed by atoms with van der Waals surface area (Å²) in [6.45, 7) is 5.86. The van der Waals surface area contributed by atoms with Crippen molar-refractivity contribution >= 4 is 68.6 Å². The van der Waals surface area contributed by atoms with Gasteiger partial charge in [0, 0.05) is 68.2 Å². The number of amides is 2. The van der Waals surface area contributed by atoms with Gasteiger partial charge in [0.2, 0.25) is 21.8 Å². The van der Waals surface area contributed by atoms with Crippen molar-refractivity contribution in [3.8, 4) is 11.5 Å². The average molecular weight is 970 g/mol. The number of nitrogens with zero attached hydrogens (tertiary/aromatic N) is 4. The molecule has 66 heavy (non-hydrogen) atoms. The number of methoxy groups -OCH3 is 2. The van der Waals surface area contributed by atoms with Crippen molar-refractivity contribution in [2.24, 2.45) is 0 Å². The highest BCUT2D eigenvalue weighted by atomic mass is 35.5. The number of halogens is 4. The van der Waals surface area contributed by atoms with Crippen molar-refractivity contribution in [2.45, 2.75) is 37.3 Å². The van der Waals surface area contributed by atoms with E-state index in [1.54, 1.807) is 60.7 Å². The van der Waals surface area contributed by atoms with Crippen LogP contribution in [-0.2, 0) is 42.2 Å². The summed E-state index contributed by atoms with van der Waals surface area (Å²) in [7, 11) is -0.578. The molecule has 0 radical (unpaired) electrons. The number of sulfonamides is 1. The number of fused-ring (bicyclic) bond motifs is 4. The first-order chi connectivity index (χ1) is 31.6. The molecule has 4 aliphatic rings. The number of hydrogen-bond acceptors (Lipinski definition) is 11. The molecule has 0 aliphatic carbocycles. The van der Waals surface area contributed by atoms with Gasteiger partial charge in [-0.1, -0.05) is 47.5 Å². The summed E-state index contributed by atoms with van der Waals surface area (Å²) >= 11 is 12.3.